The van der Waals surface area contributed by atoms with E-state index in [2.05, 4.69) is 5.32 Å². The Morgan fingerprint density at radius 1 is 1.08 bits per heavy atom. The molecule has 0 aromatic heterocycles. The summed E-state index contributed by atoms with van der Waals surface area (Å²) in [4.78, 5) is 25.8. The Morgan fingerprint density at radius 2 is 1.79 bits per heavy atom. The van der Waals surface area contributed by atoms with Gasteiger partial charge >= 0.3 is 5.97 Å². The van der Waals surface area contributed by atoms with Crippen LogP contribution in [-0.4, -0.2) is 32.6 Å². The van der Waals surface area contributed by atoms with Gasteiger partial charge in [-0.05, 0) is 48.4 Å². The third kappa shape index (κ3) is 4.84. The summed E-state index contributed by atoms with van der Waals surface area (Å²) in [5.74, 6) is -0.876. The highest BCUT2D eigenvalue weighted by atomic mass is 16.5. The highest BCUT2D eigenvalue weighted by Gasteiger charge is 2.11. The molecule has 0 aliphatic heterocycles. The lowest BCUT2D eigenvalue weighted by Gasteiger charge is -2.12. The number of carbonyl (C=O) groups is 2. The fraction of sp³-hybridized carbons (Fsp3) is 0.263. The van der Waals surface area contributed by atoms with Crippen LogP contribution in [0, 0.1) is 0 Å². The number of nitrogens with one attached hydrogen (secondary N) is 1. The van der Waals surface area contributed by atoms with Gasteiger partial charge in [-0.25, -0.2) is 4.79 Å². The van der Waals surface area contributed by atoms with Crippen molar-refractivity contribution < 1.29 is 14.3 Å². The number of ether oxygens (including phenoxy) is 1. The number of anilines is 2. The molecule has 0 radical (unpaired) electrons. The van der Waals surface area contributed by atoms with Gasteiger partial charge in [0.15, 0.2) is 6.61 Å². The van der Waals surface area contributed by atoms with Crippen LogP contribution in [-0.2, 0) is 16.0 Å². The van der Waals surface area contributed by atoms with E-state index in [-0.39, 0.29) is 12.5 Å². The van der Waals surface area contributed by atoms with E-state index < -0.39 is 5.97 Å². The number of esters is 1. The molecule has 126 valence electrons. The molecule has 24 heavy (non-hydrogen) atoms. The Morgan fingerprint density at radius 3 is 2.42 bits per heavy atom. The van der Waals surface area contributed by atoms with E-state index >= 15 is 0 Å². The van der Waals surface area contributed by atoms with Gasteiger partial charge in [-0.2, -0.15) is 0 Å². The van der Waals surface area contributed by atoms with E-state index in [4.69, 9.17) is 4.74 Å². The molecule has 0 fully saturated rings. The number of carbonyl (C=O) groups excluding carboxylic acids is 2. The molecule has 2 aromatic rings. The van der Waals surface area contributed by atoms with Crippen molar-refractivity contribution in [2.75, 3.05) is 30.9 Å². The quantitative estimate of drug-likeness (QED) is 0.829. The molecular weight excluding hydrogens is 304 g/mol. The molecule has 0 aliphatic rings. The molecule has 0 saturated carbocycles. The minimum atomic E-state index is -0.516. The highest BCUT2D eigenvalue weighted by Crippen LogP contribution is 2.13. The molecule has 5 heteroatoms. The first kappa shape index (κ1) is 17.5. The van der Waals surface area contributed by atoms with Crippen LogP contribution < -0.4 is 10.2 Å². The Labute approximate surface area is 142 Å². The van der Waals surface area contributed by atoms with Gasteiger partial charge in [-0.3, -0.25) is 4.79 Å². The van der Waals surface area contributed by atoms with Crippen molar-refractivity contribution in [1.29, 1.82) is 0 Å². The highest BCUT2D eigenvalue weighted by molar-refractivity contribution is 5.95. The Hall–Kier alpha value is -2.82. The van der Waals surface area contributed by atoms with E-state index in [1.807, 2.05) is 56.3 Å². The predicted octanol–water partition coefficient (Wildman–Crippen LogP) is 3.11. The van der Waals surface area contributed by atoms with Crippen molar-refractivity contribution in [1.82, 2.24) is 0 Å². The van der Waals surface area contributed by atoms with Crippen LogP contribution in [0.2, 0.25) is 0 Å². The third-order valence-corrected chi connectivity index (χ3v) is 3.57. The maximum Gasteiger partial charge on any atom is 0.338 e. The minimum Gasteiger partial charge on any atom is -0.452 e. The maximum absolute atomic E-state index is 12.0. The number of amides is 1. The van der Waals surface area contributed by atoms with Gasteiger partial charge in [-0.1, -0.05) is 19.1 Å². The minimum absolute atomic E-state index is 0.315. The summed E-state index contributed by atoms with van der Waals surface area (Å²) in [6.45, 7) is 1.73. The molecule has 0 aliphatic carbocycles. The molecule has 0 unspecified atom stereocenters. The predicted molar refractivity (Wildman–Crippen MR) is 95.5 cm³/mol. The lowest BCUT2D eigenvalue weighted by Crippen LogP contribution is -2.21. The van der Waals surface area contributed by atoms with Crippen molar-refractivity contribution in [2.24, 2.45) is 0 Å². The zero-order valence-corrected chi connectivity index (χ0v) is 14.2. The van der Waals surface area contributed by atoms with Crippen LogP contribution in [0.25, 0.3) is 0 Å². The number of hydrogen-bond acceptors (Lipinski definition) is 4. The van der Waals surface area contributed by atoms with Gasteiger partial charge in [-0.15, -0.1) is 0 Å². The normalized spacial score (nSPS) is 10.1. The zero-order valence-electron chi connectivity index (χ0n) is 14.2. The lowest BCUT2D eigenvalue weighted by atomic mass is 10.1. The second-order valence-electron chi connectivity index (χ2n) is 5.62. The topological polar surface area (TPSA) is 58.6 Å². The van der Waals surface area contributed by atoms with Gasteiger partial charge in [0.1, 0.15) is 0 Å². The van der Waals surface area contributed by atoms with Crippen LogP contribution >= 0.6 is 0 Å². The second kappa shape index (κ2) is 8.15. The Kier molecular flexibility index (Phi) is 5.95. The van der Waals surface area contributed by atoms with Gasteiger partial charge in [0.05, 0.1) is 5.56 Å². The first-order chi connectivity index (χ1) is 11.5. The Bertz CT molecular complexity index is 709. The van der Waals surface area contributed by atoms with Crippen molar-refractivity contribution in [2.45, 2.75) is 13.3 Å². The summed E-state index contributed by atoms with van der Waals surface area (Å²) in [6.07, 6.45) is 0.891. The third-order valence-electron chi connectivity index (χ3n) is 3.57. The molecule has 0 spiro atoms. The first-order valence-electron chi connectivity index (χ1n) is 7.83. The van der Waals surface area contributed by atoms with E-state index in [1.54, 1.807) is 18.2 Å². The average molecular weight is 326 g/mol. The van der Waals surface area contributed by atoms with E-state index in [0.717, 1.165) is 17.7 Å². The first-order valence-corrected chi connectivity index (χ1v) is 7.83. The Balaban J connectivity index is 1.87. The number of benzene rings is 2. The molecule has 0 heterocycles. The fourth-order valence-electron chi connectivity index (χ4n) is 2.18. The molecule has 0 bridgehead atoms. The standard InChI is InChI=1S/C19H22N2O3/c1-4-14-6-5-7-16(12-14)20-18(22)13-24-19(23)15-8-10-17(11-9-15)21(2)3/h5-12H,4,13H2,1-3H3,(H,20,22). The van der Waals surface area contributed by atoms with Crippen LogP contribution in [0.1, 0.15) is 22.8 Å². The molecule has 0 saturated heterocycles. The SMILES string of the molecule is CCc1cccc(NC(=O)COC(=O)c2ccc(N(C)C)cc2)c1. The van der Waals surface area contributed by atoms with E-state index in [0.29, 0.717) is 11.3 Å². The molecule has 5 nitrogen and oxygen atoms in total. The summed E-state index contributed by atoms with van der Waals surface area (Å²) in [5.41, 5.74) is 3.23. The summed E-state index contributed by atoms with van der Waals surface area (Å²) in [5, 5.41) is 2.72. The van der Waals surface area contributed by atoms with Crippen LogP contribution in [0.15, 0.2) is 48.5 Å². The molecule has 2 aromatic carbocycles. The summed E-state index contributed by atoms with van der Waals surface area (Å²) >= 11 is 0. The monoisotopic (exact) mass is 326 g/mol. The van der Waals surface area contributed by atoms with Gasteiger partial charge < -0.3 is 15.0 Å². The maximum atomic E-state index is 12.0. The van der Waals surface area contributed by atoms with Crippen LogP contribution in [0.3, 0.4) is 0 Å². The average Bonchev–Trinajstić information content (AvgIpc) is 2.60. The lowest BCUT2D eigenvalue weighted by molar-refractivity contribution is -0.119. The van der Waals surface area contributed by atoms with Gasteiger partial charge in [0.25, 0.3) is 5.91 Å². The second-order valence-corrected chi connectivity index (χ2v) is 5.62. The van der Waals surface area contributed by atoms with Crippen molar-refractivity contribution >= 4 is 23.3 Å². The van der Waals surface area contributed by atoms with Crippen molar-refractivity contribution in [3.8, 4) is 0 Å². The zero-order chi connectivity index (χ0) is 17.5. The van der Waals surface area contributed by atoms with Gasteiger partial charge in [0, 0.05) is 25.5 Å². The fourth-order valence-corrected chi connectivity index (χ4v) is 2.18. The van der Waals surface area contributed by atoms with Crippen LogP contribution in [0.5, 0.6) is 0 Å². The van der Waals surface area contributed by atoms with Crippen molar-refractivity contribution in [3.63, 3.8) is 0 Å². The number of nitrogens with zero attached hydrogens (tertiary/aromatic N) is 1. The smallest absolute Gasteiger partial charge is 0.338 e. The molecule has 0 atom stereocenters. The summed E-state index contributed by atoms with van der Waals surface area (Å²) < 4.78 is 5.05. The van der Waals surface area contributed by atoms with Gasteiger partial charge in [0.2, 0.25) is 0 Å². The largest absolute Gasteiger partial charge is 0.452 e. The van der Waals surface area contributed by atoms with E-state index in [1.165, 1.54) is 0 Å². The summed E-state index contributed by atoms with van der Waals surface area (Å²) in [7, 11) is 3.84. The summed E-state index contributed by atoms with van der Waals surface area (Å²) in [6, 6.07) is 14.6. The number of rotatable bonds is 6. The number of aryl methyl sites for hydroxylation is 1. The van der Waals surface area contributed by atoms with E-state index in [9.17, 15) is 9.59 Å². The molecule has 1 N–H and O–H groups in total. The van der Waals surface area contributed by atoms with Crippen LogP contribution in [0.4, 0.5) is 11.4 Å². The molecular formula is C19H22N2O3. The van der Waals surface area contributed by atoms with Crippen molar-refractivity contribution in [3.05, 3.63) is 59.7 Å². The molecule has 1 amide bonds. The molecule has 2 rings (SSSR count). The number of hydrogen-bond donors (Lipinski definition) is 1.